The van der Waals surface area contributed by atoms with Crippen LogP contribution in [0.2, 0.25) is 0 Å². The van der Waals surface area contributed by atoms with Crippen LogP contribution in [0.3, 0.4) is 0 Å². The zero-order valence-corrected chi connectivity index (χ0v) is 17.9. The second-order valence-corrected chi connectivity index (χ2v) is 7.21. The maximum atomic E-state index is 14.1. The topological polar surface area (TPSA) is 65.0 Å². The van der Waals surface area contributed by atoms with E-state index in [1.807, 2.05) is 22.9 Å². The number of ether oxygens (including phenoxy) is 3. The first-order valence-electron chi connectivity index (χ1n) is 9.95. The Kier molecular flexibility index (Phi) is 5.89. The average Bonchev–Trinajstić information content (AvgIpc) is 3.28. The van der Waals surface area contributed by atoms with Crippen LogP contribution >= 0.6 is 0 Å². The van der Waals surface area contributed by atoms with E-state index in [9.17, 15) is 13.6 Å². The van der Waals surface area contributed by atoms with Gasteiger partial charge in [-0.05, 0) is 42.0 Å². The number of hydrogen-bond acceptors (Lipinski definition) is 4. The van der Waals surface area contributed by atoms with E-state index in [0.29, 0.717) is 35.9 Å². The van der Waals surface area contributed by atoms with Gasteiger partial charge in [0, 0.05) is 25.0 Å². The highest BCUT2D eigenvalue weighted by Gasteiger charge is 2.34. The van der Waals surface area contributed by atoms with Crippen LogP contribution in [0, 0.1) is 11.6 Å². The fourth-order valence-electron chi connectivity index (χ4n) is 4.01. The van der Waals surface area contributed by atoms with E-state index in [4.69, 9.17) is 14.2 Å². The van der Waals surface area contributed by atoms with Crippen molar-refractivity contribution in [3.8, 4) is 17.2 Å². The van der Waals surface area contributed by atoms with E-state index >= 15 is 0 Å². The predicted octanol–water partition coefficient (Wildman–Crippen LogP) is 4.43. The number of hydrogen-bond donors (Lipinski definition) is 1. The SMILES string of the molecule is COc1cc([C@H]2c3cccn3CCN2C(=O)Nc2c(F)cccc2F)cc(OC)c1OC. The quantitative estimate of drug-likeness (QED) is 0.634. The number of nitrogens with zero attached hydrogens (tertiary/aromatic N) is 2. The summed E-state index contributed by atoms with van der Waals surface area (Å²) in [6.45, 7) is 0.862. The number of carbonyl (C=O) groups excluding carboxylic acids is 1. The summed E-state index contributed by atoms with van der Waals surface area (Å²) in [6, 6.07) is 9.56. The largest absolute Gasteiger partial charge is 0.493 e. The summed E-state index contributed by atoms with van der Waals surface area (Å²) in [7, 11) is 4.53. The van der Waals surface area contributed by atoms with Crippen molar-refractivity contribution in [1.29, 1.82) is 0 Å². The van der Waals surface area contributed by atoms with E-state index in [1.54, 1.807) is 12.1 Å². The third-order valence-electron chi connectivity index (χ3n) is 5.50. The molecule has 0 spiro atoms. The minimum atomic E-state index is -0.844. The number of urea groups is 1. The highest BCUT2D eigenvalue weighted by molar-refractivity contribution is 5.90. The summed E-state index contributed by atoms with van der Waals surface area (Å²) in [6.07, 6.45) is 1.92. The number of rotatable bonds is 5. The molecule has 7 nitrogen and oxygen atoms in total. The Morgan fingerprint density at radius 3 is 2.22 bits per heavy atom. The fourth-order valence-corrected chi connectivity index (χ4v) is 4.01. The van der Waals surface area contributed by atoms with E-state index in [2.05, 4.69) is 5.32 Å². The number of aromatic nitrogens is 1. The Morgan fingerprint density at radius 1 is 0.969 bits per heavy atom. The summed E-state index contributed by atoms with van der Waals surface area (Å²) in [5.41, 5.74) is 1.06. The van der Waals surface area contributed by atoms with Gasteiger partial charge in [-0.2, -0.15) is 0 Å². The van der Waals surface area contributed by atoms with Crippen molar-refractivity contribution in [2.75, 3.05) is 33.2 Å². The third kappa shape index (κ3) is 3.70. The van der Waals surface area contributed by atoms with Crippen LogP contribution in [0.4, 0.5) is 19.3 Å². The Hall–Kier alpha value is -3.75. The second-order valence-electron chi connectivity index (χ2n) is 7.21. The van der Waals surface area contributed by atoms with Gasteiger partial charge in [0.25, 0.3) is 0 Å². The van der Waals surface area contributed by atoms with Crippen LogP contribution < -0.4 is 19.5 Å². The molecule has 0 radical (unpaired) electrons. The summed E-state index contributed by atoms with van der Waals surface area (Å²) < 4.78 is 46.7. The molecule has 32 heavy (non-hydrogen) atoms. The number of methoxy groups -OCH3 is 3. The Bertz CT molecular complexity index is 1100. The molecule has 9 heteroatoms. The van der Waals surface area contributed by atoms with Crippen molar-refractivity contribution < 1.29 is 27.8 Å². The summed E-state index contributed by atoms with van der Waals surface area (Å²) in [5.74, 6) is -0.391. The molecule has 1 aliphatic heterocycles. The van der Waals surface area contributed by atoms with Crippen LogP contribution in [0.5, 0.6) is 17.2 Å². The molecule has 2 aromatic carbocycles. The normalized spacial score (nSPS) is 15.2. The molecular formula is C23H23F2N3O4. The van der Waals surface area contributed by atoms with Crippen molar-refractivity contribution >= 4 is 11.7 Å². The van der Waals surface area contributed by atoms with Gasteiger partial charge in [0.05, 0.1) is 27.4 Å². The third-order valence-corrected chi connectivity index (χ3v) is 5.50. The summed E-state index contributed by atoms with van der Waals surface area (Å²) in [5, 5.41) is 2.39. The van der Waals surface area contributed by atoms with Crippen molar-refractivity contribution in [2.45, 2.75) is 12.6 Å². The van der Waals surface area contributed by atoms with Gasteiger partial charge in [-0.1, -0.05) is 6.07 Å². The van der Waals surface area contributed by atoms with Crippen LogP contribution in [-0.2, 0) is 6.54 Å². The molecule has 0 aliphatic carbocycles. The fraction of sp³-hybridized carbons (Fsp3) is 0.261. The molecular weight excluding hydrogens is 420 g/mol. The highest BCUT2D eigenvalue weighted by Crippen LogP contribution is 2.43. The number of carbonyl (C=O) groups is 1. The maximum absolute atomic E-state index is 14.1. The van der Waals surface area contributed by atoms with Gasteiger partial charge in [-0.15, -0.1) is 0 Å². The summed E-state index contributed by atoms with van der Waals surface area (Å²) >= 11 is 0. The van der Waals surface area contributed by atoms with Crippen molar-refractivity contribution in [3.63, 3.8) is 0 Å². The second kappa shape index (κ2) is 8.78. The number of benzene rings is 2. The minimum Gasteiger partial charge on any atom is -0.493 e. The standard InChI is InChI=1S/C23H23F2N3O4/c1-30-18-12-14(13-19(31-2)22(18)32-3)21-17-8-5-9-27(17)10-11-28(21)23(29)26-20-15(24)6-4-7-16(20)25/h4-9,12-13,21H,10-11H2,1-3H3,(H,26,29)/t21-/m0/s1. The van der Waals surface area contributed by atoms with Crippen LogP contribution in [0.25, 0.3) is 0 Å². The molecule has 1 aromatic heterocycles. The monoisotopic (exact) mass is 443 g/mol. The molecule has 0 saturated heterocycles. The molecule has 0 bridgehead atoms. The molecule has 0 saturated carbocycles. The van der Waals surface area contributed by atoms with Gasteiger partial charge >= 0.3 is 6.03 Å². The zero-order chi connectivity index (χ0) is 22.8. The smallest absolute Gasteiger partial charge is 0.322 e. The maximum Gasteiger partial charge on any atom is 0.322 e. The van der Waals surface area contributed by atoms with Gasteiger partial charge in [0.15, 0.2) is 11.5 Å². The van der Waals surface area contributed by atoms with Gasteiger partial charge in [0.1, 0.15) is 17.3 Å². The van der Waals surface area contributed by atoms with Crippen molar-refractivity contribution in [1.82, 2.24) is 9.47 Å². The van der Waals surface area contributed by atoms with Crippen LogP contribution in [0.15, 0.2) is 48.7 Å². The minimum absolute atomic E-state index is 0.324. The van der Waals surface area contributed by atoms with E-state index in [0.717, 1.165) is 17.8 Å². The molecule has 168 valence electrons. The van der Waals surface area contributed by atoms with E-state index in [1.165, 1.54) is 32.3 Å². The molecule has 2 amide bonds. The number of fused-ring (bicyclic) bond motifs is 1. The first-order chi connectivity index (χ1) is 15.5. The van der Waals surface area contributed by atoms with E-state index in [-0.39, 0.29) is 0 Å². The van der Waals surface area contributed by atoms with Gasteiger partial charge in [0.2, 0.25) is 5.75 Å². The molecule has 1 atom stereocenters. The Balaban J connectivity index is 1.78. The van der Waals surface area contributed by atoms with Crippen LogP contribution in [0.1, 0.15) is 17.3 Å². The Morgan fingerprint density at radius 2 is 1.62 bits per heavy atom. The lowest BCUT2D eigenvalue weighted by Crippen LogP contribution is -2.44. The number of halogens is 2. The molecule has 0 unspecified atom stereocenters. The predicted molar refractivity (Wildman–Crippen MR) is 114 cm³/mol. The molecule has 1 N–H and O–H groups in total. The molecule has 4 rings (SSSR count). The van der Waals surface area contributed by atoms with Crippen LogP contribution in [-0.4, -0.2) is 43.4 Å². The zero-order valence-electron chi connectivity index (χ0n) is 17.9. The number of amides is 2. The summed E-state index contributed by atoms with van der Waals surface area (Å²) in [4.78, 5) is 14.7. The first-order valence-corrected chi connectivity index (χ1v) is 9.95. The number of nitrogens with one attached hydrogen (secondary N) is 1. The first kappa shape index (κ1) is 21.5. The lowest BCUT2D eigenvalue weighted by atomic mass is 9.99. The van der Waals surface area contributed by atoms with Crippen molar-refractivity contribution in [3.05, 3.63) is 71.6 Å². The Labute approximate surface area is 184 Å². The van der Waals surface area contributed by atoms with Crippen molar-refractivity contribution in [2.24, 2.45) is 0 Å². The number of anilines is 1. The molecule has 1 aliphatic rings. The van der Waals surface area contributed by atoms with Gasteiger partial charge in [-0.3, -0.25) is 0 Å². The van der Waals surface area contributed by atoms with Gasteiger partial charge in [-0.25, -0.2) is 13.6 Å². The molecule has 2 heterocycles. The molecule has 3 aromatic rings. The number of para-hydroxylation sites is 1. The molecule has 0 fully saturated rings. The highest BCUT2D eigenvalue weighted by atomic mass is 19.1. The lowest BCUT2D eigenvalue weighted by molar-refractivity contribution is 0.181. The lowest BCUT2D eigenvalue weighted by Gasteiger charge is -2.37. The average molecular weight is 443 g/mol. The van der Waals surface area contributed by atoms with E-state index < -0.39 is 29.4 Å². The van der Waals surface area contributed by atoms with Gasteiger partial charge < -0.3 is 29.0 Å².